The van der Waals surface area contributed by atoms with Gasteiger partial charge in [0.1, 0.15) is 5.75 Å². The molecule has 1 aromatic carbocycles. The molecule has 0 saturated heterocycles. The van der Waals surface area contributed by atoms with E-state index in [0.29, 0.717) is 12.4 Å². The van der Waals surface area contributed by atoms with Gasteiger partial charge in [0.05, 0.1) is 6.61 Å². The monoisotopic (exact) mass is 212 g/mol. The van der Waals surface area contributed by atoms with Crippen LogP contribution in [0.4, 0.5) is 0 Å². The maximum atomic E-state index is 11.1. The van der Waals surface area contributed by atoms with E-state index >= 15 is 0 Å². The third-order valence-corrected chi connectivity index (χ3v) is 2.51. The van der Waals surface area contributed by atoms with Gasteiger partial charge < -0.3 is 9.05 Å². The summed E-state index contributed by atoms with van der Waals surface area (Å²) < 4.78 is 20.9. The number of hydrogen-bond donors (Lipinski definition) is 0. The lowest BCUT2D eigenvalue weighted by molar-refractivity contribution is 0.302. The lowest BCUT2D eigenvalue weighted by Crippen LogP contribution is -1.85. The van der Waals surface area contributed by atoms with Gasteiger partial charge in [-0.3, -0.25) is 0 Å². The van der Waals surface area contributed by atoms with Gasteiger partial charge in [0.15, 0.2) is 0 Å². The van der Waals surface area contributed by atoms with E-state index in [1.54, 1.807) is 25.1 Å². The van der Waals surface area contributed by atoms with Crippen LogP contribution >= 0.6 is 8.25 Å². The molecular formula is C10H13O3P. The summed E-state index contributed by atoms with van der Waals surface area (Å²) >= 11 is 0. The highest BCUT2D eigenvalue weighted by molar-refractivity contribution is 7.33. The topological polar surface area (TPSA) is 35.5 Å². The van der Waals surface area contributed by atoms with Crippen LogP contribution in [0.1, 0.15) is 12.5 Å². The first kappa shape index (κ1) is 11.0. The van der Waals surface area contributed by atoms with E-state index in [0.717, 1.165) is 5.56 Å². The van der Waals surface area contributed by atoms with Gasteiger partial charge in [-0.1, -0.05) is 24.8 Å². The molecule has 4 heteroatoms. The van der Waals surface area contributed by atoms with Gasteiger partial charge in [-0.15, -0.1) is 0 Å². The first-order chi connectivity index (χ1) is 6.76. The van der Waals surface area contributed by atoms with Gasteiger partial charge in [-0.25, -0.2) is 4.57 Å². The zero-order valence-electron chi connectivity index (χ0n) is 8.03. The highest BCUT2D eigenvalue weighted by Crippen LogP contribution is 2.27. The largest absolute Gasteiger partial charge is 0.426 e. The van der Waals surface area contributed by atoms with Gasteiger partial charge in [0.2, 0.25) is 0 Å². The highest BCUT2D eigenvalue weighted by Gasteiger charge is 1.99. The van der Waals surface area contributed by atoms with E-state index in [1.807, 2.05) is 12.1 Å². The van der Waals surface area contributed by atoms with Crippen LogP contribution in [0.2, 0.25) is 0 Å². The van der Waals surface area contributed by atoms with Crippen molar-refractivity contribution in [3.63, 3.8) is 0 Å². The smallest absolute Gasteiger partial charge is 0.367 e. The zero-order valence-corrected chi connectivity index (χ0v) is 9.03. The van der Waals surface area contributed by atoms with Crippen molar-refractivity contribution < 1.29 is 13.6 Å². The van der Waals surface area contributed by atoms with Crippen LogP contribution < -0.4 is 4.52 Å². The molecule has 1 unspecified atom stereocenters. The molecule has 0 aromatic heterocycles. The molecule has 0 aliphatic heterocycles. The Morgan fingerprint density at radius 3 is 2.57 bits per heavy atom. The third-order valence-electron chi connectivity index (χ3n) is 1.58. The van der Waals surface area contributed by atoms with Crippen LogP contribution in [-0.4, -0.2) is 6.61 Å². The average molecular weight is 212 g/mol. The first-order valence-electron chi connectivity index (χ1n) is 4.33. The van der Waals surface area contributed by atoms with Crippen LogP contribution in [0.25, 0.3) is 6.08 Å². The summed E-state index contributed by atoms with van der Waals surface area (Å²) in [7, 11) is -2.39. The minimum absolute atomic E-state index is 0.391. The molecule has 1 rings (SSSR count). The maximum absolute atomic E-state index is 11.1. The summed E-state index contributed by atoms with van der Waals surface area (Å²) in [5.41, 5.74) is 0.994. The van der Waals surface area contributed by atoms with Crippen molar-refractivity contribution in [3.05, 3.63) is 36.4 Å². The molecule has 1 atom stereocenters. The van der Waals surface area contributed by atoms with Crippen molar-refractivity contribution in [3.8, 4) is 5.75 Å². The Bertz CT molecular complexity index is 319. The lowest BCUT2D eigenvalue weighted by Gasteiger charge is -2.05. The van der Waals surface area contributed by atoms with E-state index in [2.05, 4.69) is 6.58 Å². The summed E-state index contributed by atoms with van der Waals surface area (Å²) in [5, 5.41) is 0. The molecule has 0 aliphatic rings. The molecule has 0 saturated carbocycles. The van der Waals surface area contributed by atoms with Crippen LogP contribution in [-0.2, 0) is 9.09 Å². The molecule has 0 N–H and O–H groups in total. The van der Waals surface area contributed by atoms with E-state index < -0.39 is 8.25 Å². The lowest BCUT2D eigenvalue weighted by atomic mass is 10.2. The van der Waals surface area contributed by atoms with Gasteiger partial charge in [-0.2, -0.15) is 0 Å². The normalized spacial score (nSPS) is 12.1. The number of hydrogen-bond acceptors (Lipinski definition) is 3. The Morgan fingerprint density at radius 2 is 2.07 bits per heavy atom. The third kappa shape index (κ3) is 3.36. The standard InChI is InChI=1S/C10H13O3P/c1-3-9-5-7-10(8-6-9)13-14(11)12-4-2/h3,5-8,14H,1,4H2,2H3. The van der Waals surface area contributed by atoms with E-state index in [9.17, 15) is 4.57 Å². The quantitative estimate of drug-likeness (QED) is 0.703. The molecule has 0 bridgehead atoms. The number of rotatable bonds is 5. The predicted molar refractivity (Wildman–Crippen MR) is 57.8 cm³/mol. The van der Waals surface area contributed by atoms with Crippen molar-refractivity contribution in [1.29, 1.82) is 0 Å². The fourth-order valence-electron chi connectivity index (χ4n) is 0.915. The van der Waals surface area contributed by atoms with E-state index in [-0.39, 0.29) is 0 Å². The second-order valence-electron chi connectivity index (χ2n) is 2.56. The first-order valence-corrected chi connectivity index (χ1v) is 5.56. The Hall–Kier alpha value is -1.05. The molecule has 0 aliphatic carbocycles. The minimum Gasteiger partial charge on any atom is -0.426 e. The number of benzene rings is 1. The van der Waals surface area contributed by atoms with Gasteiger partial charge in [-0.05, 0) is 24.6 Å². The molecule has 1 aromatic rings. The Morgan fingerprint density at radius 1 is 1.43 bits per heavy atom. The van der Waals surface area contributed by atoms with Crippen molar-refractivity contribution in [2.75, 3.05) is 6.61 Å². The van der Waals surface area contributed by atoms with Crippen LogP contribution in [0, 0.1) is 0 Å². The molecule has 14 heavy (non-hydrogen) atoms. The molecule has 0 spiro atoms. The molecule has 3 nitrogen and oxygen atoms in total. The van der Waals surface area contributed by atoms with E-state index in [4.69, 9.17) is 9.05 Å². The molecule has 0 radical (unpaired) electrons. The SMILES string of the molecule is C=Cc1ccc(O[PH](=O)OCC)cc1. The molecular weight excluding hydrogens is 199 g/mol. The van der Waals surface area contributed by atoms with Crippen molar-refractivity contribution in [2.24, 2.45) is 0 Å². The Kier molecular flexibility index (Phi) is 4.44. The van der Waals surface area contributed by atoms with Crippen molar-refractivity contribution in [1.82, 2.24) is 0 Å². The van der Waals surface area contributed by atoms with Crippen LogP contribution in [0.15, 0.2) is 30.8 Å². The summed E-state index contributed by atoms with van der Waals surface area (Å²) in [6.07, 6.45) is 1.73. The fraction of sp³-hybridized carbons (Fsp3) is 0.200. The minimum atomic E-state index is -2.39. The highest BCUT2D eigenvalue weighted by atomic mass is 31.1. The molecule has 0 fully saturated rings. The Balaban J connectivity index is 2.59. The summed E-state index contributed by atoms with van der Waals surface area (Å²) in [5.74, 6) is 0.549. The maximum Gasteiger partial charge on any atom is 0.367 e. The molecule has 76 valence electrons. The molecule has 0 heterocycles. The van der Waals surface area contributed by atoms with Crippen LogP contribution in [0.3, 0.4) is 0 Å². The fourth-order valence-corrected chi connectivity index (χ4v) is 1.54. The molecule has 0 amide bonds. The van der Waals surface area contributed by atoms with Gasteiger partial charge in [0.25, 0.3) is 0 Å². The van der Waals surface area contributed by atoms with Crippen molar-refractivity contribution >= 4 is 14.3 Å². The second kappa shape index (κ2) is 5.63. The van der Waals surface area contributed by atoms with Crippen molar-refractivity contribution in [2.45, 2.75) is 6.92 Å². The summed E-state index contributed by atoms with van der Waals surface area (Å²) in [4.78, 5) is 0. The summed E-state index contributed by atoms with van der Waals surface area (Å²) in [6.45, 7) is 5.79. The van der Waals surface area contributed by atoms with E-state index in [1.165, 1.54) is 0 Å². The van der Waals surface area contributed by atoms with Crippen LogP contribution in [0.5, 0.6) is 5.75 Å². The van der Waals surface area contributed by atoms with Gasteiger partial charge in [0, 0.05) is 0 Å². The zero-order chi connectivity index (χ0) is 10.4. The predicted octanol–water partition coefficient (Wildman–Crippen LogP) is 3.13. The second-order valence-corrected chi connectivity index (χ2v) is 3.55. The van der Waals surface area contributed by atoms with Gasteiger partial charge >= 0.3 is 8.25 Å². The summed E-state index contributed by atoms with van der Waals surface area (Å²) in [6, 6.07) is 7.14. The Labute approximate surface area is 84.3 Å². The average Bonchev–Trinajstić information content (AvgIpc) is 2.19.